The average molecular weight is 437 g/mol. The molecule has 0 aliphatic carbocycles. The summed E-state index contributed by atoms with van der Waals surface area (Å²) in [5.41, 5.74) is 2.86. The number of ether oxygens (including phenoxy) is 1. The number of nitrogens with one attached hydrogen (secondary N) is 1. The molecular formula is C21H28N2O4S2. The monoisotopic (exact) mass is 436 g/mol. The zero-order valence-corrected chi connectivity index (χ0v) is 18.8. The molecule has 29 heavy (non-hydrogen) atoms. The van der Waals surface area contributed by atoms with E-state index in [2.05, 4.69) is 36.5 Å². The number of benzene rings is 2. The van der Waals surface area contributed by atoms with E-state index in [4.69, 9.17) is 4.74 Å². The van der Waals surface area contributed by atoms with Crippen LogP contribution in [0.3, 0.4) is 0 Å². The summed E-state index contributed by atoms with van der Waals surface area (Å²) in [4.78, 5) is 12.6. The van der Waals surface area contributed by atoms with Crippen LogP contribution in [0, 0.1) is 6.92 Å². The van der Waals surface area contributed by atoms with E-state index >= 15 is 0 Å². The molecule has 2 aromatic carbocycles. The normalized spacial score (nSPS) is 12.3. The zero-order chi connectivity index (χ0) is 21.4. The lowest BCUT2D eigenvalue weighted by Gasteiger charge is -2.28. The predicted octanol–water partition coefficient (Wildman–Crippen LogP) is 3.21. The van der Waals surface area contributed by atoms with E-state index in [1.54, 1.807) is 43.0 Å². The minimum Gasteiger partial charge on any atom is -0.497 e. The topological polar surface area (TPSA) is 75.7 Å². The van der Waals surface area contributed by atoms with Crippen LogP contribution in [-0.2, 0) is 20.6 Å². The lowest BCUT2D eigenvalue weighted by Crippen LogP contribution is -2.48. The second kappa shape index (κ2) is 10.5. The van der Waals surface area contributed by atoms with E-state index in [-0.39, 0.29) is 5.91 Å². The van der Waals surface area contributed by atoms with Gasteiger partial charge in [0.25, 0.3) is 0 Å². The van der Waals surface area contributed by atoms with Gasteiger partial charge in [0.15, 0.2) is 0 Å². The molecule has 158 valence electrons. The molecule has 1 N–H and O–H groups in total. The van der Waals surface area contributed by atoms with Crippen molar-refractivity contribution >= 4 is 33.4 Å². The lowest BCUT2D eigenvalue weighted by molar-refractivity contribution is -0.121. The Bertz CT molecular complexity index is 915. The third-order valence-electron chi connectivity index (χ3n) is 4.33. The summed E-state index contributed by atoms with van der Waals surface area (Å²) in [5.74, 6) is 1.79. The lowest BCUT2D eigenvalue weighted by atomic mass is 10.2. The van der Waals surface area contributed by atoms with Gasteiger partial charge in [-0.2, -0.15) is 11.8 Å². The number of aryl methyl sites for hydroxylation is 1. The van der Waals surface area contributed by atoms with Crippen molar-refractivity contribution in [3.63, 3.8) is 0 Å². The fraction of sp³-hybridized carbons (Fsp3) is 0.381. The molecule has 6 nitrogen and oxygen atoms in total. The van der Waals surface area contributed by atoms with Crippen molar-refractivity contribution in [3.05, 3.63) is 59.7 Å². The van der Waals surface area contributed by atoms with Crippen LogP contribution in [0.5, 0.6) is 5.75 Å². The third kappa shape index (κ3) is 6.97. The number of rotatable bonds is 10. The Morgan fingerprint density at radius 1 is 1.21 bits per heavy atom. The maximum Gasteiger partial charge on any atom is 0.243 e. The van der Waals surface area contributed by atoms with Gasteiger partial charge in [-0.3, -0.25) is 9.10 Å². The quantitative estimate of drug-likeness (QED) is 0.579. The number of hydrogen-bond donors (Lipinski definition) is 1. The van der Waals surface area contributed by atoms with Crippen molar-refractivity contribution in [2.45, 2.75) is 25.6 Å². The molecular weight excluding hydrogens is 408 g/mol. The Morgan fingerprint density at radius 2 is 1.90 bits per heavy atom. The number of carbonyl (C=O) groups excluding carboxylic acids is 1. The molecule has 1 atom stereocenters. The largest absolute Gasteiger partial charge is 0.497 e. The first-order chi connectivity index (χ1) is 13.7. The number of thioether (sulfide) groups is 1. The second-order valence-corrected chi connectivity index (χ2v) is 9.73. The number of hydrogen-bond acceptors (Lipinski definition) is 5. The summed E-state index contributed by atoms with van der Waals surface area (Å²) in [7, 11) is -2.14. The highest BCUT2D eigenvalue weighted by Gasteiger charge is 2.29. The van der Waals surface area contributed by atoms with Gasteiger partial charge in [-0.05, 0) is 31.5 Å². The van der Waals surface area contributed by atoms with Crippen LogP contribution >= 0.6 is 11.8 Å². The summed E-state index contributed by atoms with van der Waals surface area (Å²) in [6.45, 7) is 4.10. The van der Waals surface area contributed by atoms with Crippen LogP contribution in [0.25, 0.3) is 0 Å². The molecule has 0 saturated heterocycles. The summed E-state index contributed by atoms with van der Waals surface area (Å²) in [5, 5.41) is 2.83. The number of nitrogens with zero attached hydrogens (tertiary/aromatic N) is 1. The first-order valence-corrected chi connectivity index (χ1v) is 12.3. The van der Waals surface area contributed by atoms with Crippen molar-refractivity contribution in [3.8, 4) is 5.75 Å². The minimum atomic E-state index is -3.65. The van der Waals surface area contributed by atoms with Gasteiger partial charge in [-0.25, -0.2) is 8.42 Å². The first kappa shape index (κ1) is 23.1. The Hall–Kier alpha value is -2.19. The number of anilines is 1. The van der Waals surface area contributed by atoms with Gasteiger partial charge in [0.1, 0.15) is 11.8 Å². The molecule has 2 rings (SSSR count). The molecule has 0 unspecified atom stereocenters. The molecule has 0 heterocycles. The maximum atomic E-state index is 12.6. The fourth-order valence-electron chi connectivity index (χ4n) is 2.82. The van der Waals surface area contributed by atoms with Gasteiger partial charge in [-0.15, -0.1) is 0 Å². The molecule has 0 radical (unpaired) electrons. The maximum absolute atomic E-state index is 12.6. The van der Waals surface area contributed by atoms with Gasteiger partial charge < -0.3 is 10.1 Å². The van der Waals surface area contributed by atoms with E-state index in [0.717, 1.165) is 22.1 Å². The average Bonchev–Trinajstić information content (AvgIpc) is 2.68. The second-order valence-electron chi connectivity index (χ2n) is 6.77. The molecule has 2 aromatic rings. The van der Waals surface area contributed by atoms with Crippen LogP contribution in [0.4, 0.5) is 5.69 Å². The molecule has 0 aliphatic heterocycles. The van der Waals surface area contributed by atoms with E-state index in [1.165, 1.54) is 18.2 Å². The third-order valence-corrected chi connectivity index (χ3v) is 6.60. The highest BCUT2D eigenvalue weighted by atomic mass is 32.2. The van der Waals surface area contributed by atoms with Crippen LogP contribution in [0.1, 0.15) is 18.1 Å². The van der Waals surface area contributed by atoms with Crippen LogP contribution in [0.15, 0.2) is 48.5 Å². The molecule has 0 aliphatic rings. The molecule has 8 heteroatoms. The summed E-state index contributed by atoms with van der Waals surface area (Å²) < 4.78 is 31.0. The van der Waals surface area contributed by atoms with Crippen LogP contribution in [-0.4, -0.2) is 46.0 Å². The Kier molecular flexibility index (Phi) is 8.40. The van der Waals surface area contributed by atoms with E-state index in [0.29, 0.717) is 18.0 Å². The summed E-state index contributed by atoms with van der Waals surface area (Å²) >= 11 is 1.72. The molecule has 0 aromatic heterocycles. The number of sulfonamides is 1. The molecule has 1 amide bonds. The van der Waals surface area contributed by atoms with Crippen LogP contribution in [0.2, 0.25) is 0 Å². The highest BCUT2D eigenvalue weighted by Crippen LogP contribution is 2.25. The first-order valence-electron chi connectivity index (χ1n) is 9.27. The van der Waals surface area contributed by atoms with E-state index in [9.17, 15) is 13.2 Å². The fourth-order valence-corrected chi connectivity index (χ4v) is 4.81. The Balaban J connectivity index is 1.92. The predicted molar refractivity (Wildman–Crippen MR) is 120 cm³/mol. The Labute approximate surface area is 177 Å². The molecule has 0 saturated carbocycles. The standard InChI is InChI=1S/C21H28N2O4S2/c1-16-8-10-18(11-9-16)15-28-13-12-22-21(24)17(2)23(29(4,25)26)19-6-5-7-20(14-19)27-3/h5-11,14,17H,12-13,15H2,1-4H3,(H,22,24)/t17-/m0/s1. The molecule has 0 spiro atoms. The number of carbonyl (C=O) groups is 1. The van der Waals surface area contributed by atoms with Crippen molar-refractivity contribution in [2.24, 2.45) is 0 Å². The van der Waals surface area contributed by atoms with E-state index in [1.807, 2.05) is 0 Å². The smallest absolute Gasteiger partial charge is 0.243 e. The van der Waals surface area contributed by atoms with Gasteiger partial charge in [-0.1, -0.05) is 35.9 Å². The van der Waals surface area contributed by atoms with Gasteiger partial charge in [0.05, 0.1) is 19.1 Å². The van der Waals surface area contributed by atoms with Crippen LogP contribution < -0.4 is 14.4 Å². The SMILES string of the molecule is COc1cccc(N([C@@H](C)C(=O)NCCSCc2ccc(C)cc2)S(C)(=O)=O)c1. The molecule has 0 bridgehead atoms. The van der Waals surface area contributed by atoms with Crippen molar-refractivity contribution in [1.29, 1.82) is 0 Å². The van der Waals surface area contributed by atoms with Crippen molar-refractivity contribution < 1.29 is 17.9 Å². The summed E-state index contributed by atoms with van der Waals surface area (Å²) in [6, 6.07) is 14.1. The van der Waals surface area contributed by atoms with Gasteiger partial charge in [0.2, 0.25) is 15.9 Å². The minimum absolute atomic E-state index is 0.339. The van der Waals surface area contributed by atoms with Crippen molar-refractivity contribution in [2.75, 3.05) is 30.0 Å². The number of amides is 1. The van der Waals surface area contributed by atoms with Gasteiger partial charge in [0, 0.05) is 24.1 Å². The van der Waals surface area contributed by atoms with E-state index < -0.39 is 16.1 Å². The number of methoxy groups -OCH3 is 1. The van der Waals surface area contributed by atoms with Gasteiger partial charge >= 0.3 is 0 Å². The van der Waals surface area contributed by atoms with Crippen molar-refractivity contribution in [1.82, 2.24) is 5.32 Å². The zero-order valence-electron chi connectivity index (χ0n) is 17.2. The molecule has 0 fully saturated rings. The highest BCUT2D eigenvalue weighted by molar-refractivity contribution is 7.98. The summed E-state index contributed by atoms with van der Waals surface area (Å²) in [6.07, 6.45) is 1.09. The Morgan fingerprint density at radius 3 is 2.52 bits per heavy atom.